The van der Waals surface area contributed by atoms with Crippen LogP contribution in [0.1, 0.15) is 58.3 Å². The van der Waals surface area contributed by atoms with Gasteiger partial charge in [-0.25, -0.2) is 0 Å². The van der Waals surface area contributed by atoms with Crippen LogP contribution in [0.2, 0.25) is 0 Å². The van der Waals surface area contributed by atoms with Crippen LogP contribution in [0.3, 0.4) is 0 Å². The minimum absolute atomic E-state index is 0.309. The van der Waals surface area contributed by atoms with Crippen molar-refractivity contribution in [1.29, 1.82) is 0 Å². The topological polar surface area (TPSA) is 15.7 Å². The second kappa shape index (κ2) is 7.25. The zero-order chi connectivity index (χ0) is 16.6. The number of nitrogens with zero attached hydrogens (tertiary/aromatic N) is 2. The van der Waals surface area contributed by atoms with Crippen LogP contribution in [0, 0.1) is 23.7 Å². The predicted molar refractivity (Wildman–Crippen MR) is 99.2 cm³/mol. The summed E-state index contributed by atoms with van der Waals surface area (Å²) in [5.74, 6) is 3.80. The highest BCUT2D eigenvalue weighted by Crippen LogP contribution is 2.52. The van der Waals surface area contributed by atoms with Gasteiger partial charge >= 0.3 is 0 Å². The molecule has 4 aliphatic rings. The molecule has 24 heavy (non-hydrogen) atoms. The smallest absolute Gasteiger partial charge is 0.0692 e. The average Bonchev–Trinajstić information content (AvgIpc) is 2.95. The second-order valence-electron chi connectivity index (χ2n) is 9.80. The van der Waals surface area contributed by atoms with E-state index in [1.165, 1.54) is 84.1 Å². The molecule has 0 N–H and O–H groups in total. The number of piperazine rings is 1. The molecule has 0 aromatic carbocycles. The van der Waals surface area contributed by atoms with Gasteiger partial charge in [-0.15, -0.1) is 0 Å². The zero-order valence-corrected chi connectivity index (χ0v) is 16.0. The molecule has 0 amide bonds. The summed E-state index contributed by atoms with van der Waals surface area (Å²) in [5, 5.41) is 0. The lowest BCUT2D eigenvalue weighted by Crippen LogP contribution is -2.47. The number of rotatable bonds is 4. The zero-order valence-electron chi connectivity index (χ0n) is 16.0. The van der Waals surface area contributed by atoms with Crippen molar-refractivity contribution in [3.8, 4) is 0 Å². The summed E-state index contributed by atoms with van der Waals surface area (Å²) in [4.78, 5) is 5.12. The summed E-state index contributed by atoms with van der Waals surface area (Å²) in [5.41, 5.74) is 0.309. The van der Waals surface area contributed by atoms with Crippen molar-refractivity contribution in [2.75, 3.05) is 46.4 Å². The van der Waals surface area contributed by atoms with Crippen LogP contribution < -0.4 is 0 Å². The van der Waals surface area contributed by atoms with E-state index in [0.717, 1.165) is 30.3 Å². The summed E-state index contributed by atoms with van der Waals surface area (Å²) >= 11 is 0. The molecule has 2 saturated heterocycles. The molecule has 2 heterocycles. The van der Waals surface area contributed by atoms with Crippen molar-refractivity contribution in [1.82, 2.24) is 9.80 Å². The quantitative estimate of drug-likeness (QED) is 0.781. The fourth-order valence-corrected chi connectivity index (χ4v) is 5.93. The third-order valence-electron chi connectivity index (χ3n) is 7.52. The van der Waals surface area contributed by atoms with Gasteiger partial charge in [0, 0.05) is 32.7 Å². The standard InChI is InChI=1S/C21H38N2O/c1-17-3-5-18(6-4-17)11-19-12-21(13-19)14-20(16-24-21)15-23-9-7-22(2)8-10-23/h17-20H,3-16H2,1-2H3. The van der Waals surface area contributed by atoms with E-state index in [1.54, 1.807) is 0 Å². The molecule has 0 bridgehead atoms. The SMILES string of the molecule is CC1CCC(CC2CC3(CC(CN4CCN(C)CC4)CO3)C2)CC1. The lowest BCUT2D eigenvalue weighted by molar-refractivity contribution is -0.0968. The van der Waals surface area contributed by atoms with Crippen LogP contribution >= 0.6 is 0 Å². The van der Waals surface area contributed by atoms with Crippen molar-refractivity contribution in [2.45, 2.75) is 63.9 Å². The van der Waals surface area contributed by atoms with Gasteiger partial charge in [0.1, 0.15) is 0 Å². The molecular weight excluding hydrogens is 296 g/mol. The fraction of sp³-hybridized carbons (Fsp3) is 1.00. The summed E-state index contributed by atoms with van der Waals surface area (Å²) in [6.07, 6.45) is 11.5. The Bertz CT molecular complexity index is 404. The molecule has 1 atom stereocenters. The third-order valence-corrected chi connectivity index (χ3v) is 7.52. The largest absolute Gasteiger partial charge is 0.375 e. The average molecular weight is 335 g/mol. The Hall–Kier alpha value is -0.120. The molecule has 2 saturated carbocycles. The lowest BCUT2D eigenvalue weighted by Gasteiger charge is -2.46. The lowest BCUT2D eigenvalue weighted by atomic mass is 9.64. The van der Waals surface area contributed by atoms with Crippen LogP contribution in [0.4, 0.5) is 0 Å². The molecule has 138 valence electrons. The van der Waals surface area contributed by atoms with E-state index in [9.17, 15) is 0 Å². The van der Waals surface area contributed by atoms with E-state index in [0.29, 0.717) is 5.60 Å². The number of hydrogen-bond acceptors (Lipinski definition) is 3. The van der Waals surface area contributed by atoms with E-state index in [2.05, 4.69) is 23.8 Å². The Morgan fingerprint density at radius 3 is 2.25 bits per heavy atom. The maximum absolute atomic E-state index is 6.35. The first-order valence-corrected chi connectivity index (χ1v) is 10.6. The molecule has 2 aliphatic heterocycles. The summed E-state index contributed by atoms with van der Waals surface area (Å²) in [7, 11) is 2.24. The minimum Gasteiger partial charge on any atom is -0.375 e. The minimum atomic E-state index is 0.309. The first-order chi connectivity index (χ1) is 11.6. The normalized spacial score (nSPS) is 44.8. The maximum Gasteiger partial charge on any atom is 0.0692 e. The molecule has 3 nitrogen and oxygen atoms in total. The maximum atomic E-state index is 6.35. The van der Waals surface area contributed by atoms with Gasteiger partial charge in [0.2, 0.25) is 0 Å². The first-order valence-electron chi connectivity index (χ1n) is 10.6. The van der Waals surface area contributed by atoms with Gasteiger partial charge in [-0.3, -0.25) is 0 Å². The Morgan fingerprint density at radius 1 is 0.875 bits per heavy atom. The molecule has 1 spiro atoms. The van der Waals surface area contributed by atoms with Crippen LogP contribution in [-0.2, 0) is 4.74 Å². The van der Waals surface area contributed by atoms with E-state index >= 15 is 0 Å². The fourth-order valence-electron chi connectivity index (χ4n) is 5.93. The highest BCUT2D eigenvalue weighted by atomic mass is 16.5. The molecule has 4 rings (SSSR count). The van der Waals surface area contributed by atoms with Gasteiger partial charge in [-0.05, 0) is 56.4 Å². The van der Waals surface area contributed by atoms with E-state index in [-0.39, 0.29) is 0 Å². The van der Waals surface area contributed by atoms with Gasteiger partial charge in [-0.2, -0.15) is 0 Å². The molecule has 0 aromatic rings. The van der Waals surface area contributed by atoms with Crippen LogP contribution in [0.5, 0.6) is 0 Å². The second-order valence-corrected chi connectivity index (χ2v) is 9.80. The van der Waals surface area contributed by atoms with Crippen molar-refractivity contribution in [2.24, 2.45) is 23.7 Å². The van der Waals surface area contributed by atoms with E-state index in [1.807, 2.05) is 0 Å². The summed E-state index contributed by atoms with van der Waals surface area (Å²) in [6, 6.07) is 0. The molecule has 0 aromatic heterocycles. The van der Waals surface area contributed by atoms with Crippen LogP contribution in [-0.4, -0.2) is 61.8 Å². The van der Waals surface area contributed by atoms with E-state index in [4.69, 9.17) is 4.74 Å². The molecule has 1 unspecified atom stereocenters. The van der Waals surface area contributed by atoms with Crippen LogP contribution in [0.15, 0.2) is 0 Å². The molecule has 0 radical (unpaired) electrons. The first kappa shape index (κ1) is 17.3. The van der Waals surface area contributed by atoms with Gasteiger partial charge in [0.25, 0.3) is 0 Å². The molecule has 4 fully saturated rings. The van der Waals surface area contributed by atoms with Gasteiger partial charge < -0.3 is 14.5 Å². The monoisotopic (exact) mass is 334 g/mol. The number of ether oxygens (including phenoxy) is 1. The summed E-state index contributed by atoms with van der Waals surface area (Å²) < 4.78 is 6.35. The Labute approximate surface area is 149 Å². The van der Waals surface area contributed by atoms with Crippen molar-refractivity contribution < 1.29 is 4.74 Å². The van der Waals surface area contributed by atoms with Crippen LogP contribution in [0.25, 0.3) is 0 Å². The Balaban J connectivity index is 1.17. The molecule has 2 aliphatic carbocycles. The highest BCUT2D eigenvalue weighted by molar-refractivity contribution is 5.01. The van der Waals surface area contributed by atoms with Gasteiger partial charge in [0.05, 0.1) is 12.2 Å². The van der Waals surface area contributed by atoms with Gasteiger partial charge in [0.15, 0.2) is 0 Å². The number of hydrogen-bond donors (Lipinski definition) is 0. The molecular formula is C21H38N2O. The van der Waals surface area contributed by atoms with Crippen molar-refractivity contribution >= 4 is 0 Å². The number of likely N-dealkylation sites (N-methyl/N-ethyl adjacent to an activating group) is 1. The predicted octanol–water partition coefficient (Wildman–Crippen LogP) is 3.64. The van der Waals surface area contributed by atoms with Crippen molar-refractivity contribution in [3.05, 3.63) is 0 Å². The third kappa shape index (κ3) is 3.99. The van der Waals surface area contributed by atoms with Crippen molar-refractivity contribution in [3.63, 3.8) is 0 Å². The van der Waals surface area contributed by atoms with Gasteiger partial charge in [-0.1, -0.05) is 32.6 Å². The molecule has 3 heteroatoms. The highest BCUT2D eigenvalue weighted by Gasteiger charge is 2.50. The Kier molecular flexibility index (Phi) is 5.22. The van der Waals surface area contributed by atoms with E-state index < -0.39 is 0 Å². The Morgan fingerprint density at radius 2 is 1.54 bits per heavy atom. The summed E-state index contributed by atoms with van der Waals surface area (Å²) in [6.45, 7) is 9.72.